The highest BCUT2D eigenvalue weighted by molar-refractivity contribution is 7.99. The lowest BCUT2D eigenvalue weighted by atomic mass is 10.1. The molecule has 0 radical (unpaired) electrons. The van der Waals surface area contributed by atoms with Crippen LogP contribution in [-0.4, -0.2) is 42.2 Å². The molecular formula is C15H17ClN2O4S. The zero-order chi connectivity index (χ0) is 16.6. The van der Waals surface area contributed by atoms with Crippen molar-refractivity contribution in [3.05, 3.63) is 37.5 Å². The van der Waals surface area contributed by atoms with E-state index in [1.807, 2.05) is 6.92 Å². The maximum atomic E-state index is 12.3. The van der Waals surface area contributed by atoms with Crippen LogP contribution >= 0.6 is 23.4 Å². The normalized spacial score (nSPS) is 16.9. The number of nitrogens with zero attached hydrogens (tertiary/aromatic N) is 1. The van der Waals surface area contributed by atoms with E-state index < -0.39 is 5.69 Å². The molecule has 0 saturated heterocycles. The number of halogens is 1. The van der Waals surface area contributed by atoms with Gasteiger partial charge in [0.25, 0.3) is 5.56 Å². The zero-order valence-electron chi connectivity index (χ0n) is 12.8. The van der Waals surface area contributed by atoms with E-state index in [4.69, 9.17) is 21.1 Å². The van der Waals surface area contributed by atoms with Crippen LogP contribution in [0.15, 0.2) is 20.6 Å². The molecule has 0 fully saturated rings. The van der Waals surface area contributed by atoms with Crippen molar-refractivity contribution in [3.63, 3.8) is 0 Å². The Morgan fingerprint density at radius 2 is 2.22 bits per heavy atom. The largest absolute Gasteiger partial charge is 0.382 e. The first-order chi connectivity index (χ1) is 11.0. The first kappa shape index (κ1) is 16.6. The highest BCUT2D eigenvalue weighted by atomic mass is 35.5. The second-order valence-corrected chi connectivity index (χ2v) is 6.80. The number of methoxy groups -OCH3 is 1. The first-order valence-corrected chi connectivity index (χ1v) is 8.58. The number of aromatic nitrogens is 2. The number of thioether (sulfide) groups is 1. The SMILES string of the molecule is COCCOC[C@H]1CSc2c(Cl)c(C)cc3c(=O)[nH]c(=O)n1c23. The highest BCUT2D eigenvalue weighted by Crippen LogP contribution is 2.41. The molecule has 0 unspecified atom stereocenters. The second kappa shape index (κ2) is 6.68. The van der Waals surface area contributed by atoms with Crippen molar-refractivity contribution in [2.45, 2.75) is 17.9 Å². The van der Waals surface area contributed by atoms with E-state index in [2.05, 4.69) is 4.98 Å². The lowest BCUT2D eigenvalue weighted by Gasteiger charge is -2.27. The van der Waals surface area contributed by atoms with Gasteiger partial charge in [0, 0.05) is 12.9 Å². The lowest BCUT2D eigenvalue weighted by Crippen LogP contribution is -2.37. The highest BCUT2D eigenvalue weighted by Gasteiger charge is 2.27. The van der Waals surface area contributed by atoms with Gasteiger partial charge < -0.3 is 9.47 Å². The number of rotatable bonds is 5. The van der Waals surface area contributed by atoms with Crippen LogP contribution in [0.3, 0.4) is 0 Å². The average molecular weight is 357 g/mol. The Bertz CT molecular complexity index is 861. The van der Waals surface area contributed by atoms with Gasteiger partial charge in [0.05, 0.1) is 46.7 Å². The van der Waals surface area contributed by atoms with Crippen LogP contribution in [0.5, 0.6) is 0 Å². The van der Waals surface area contributed by atoms with Crippen LogP contribution in [0.4, 0.5) is 0 Å². The number of ether oxygens (including phenoxy) is 2. The van der Waals surface area contributed by atoms with Crippen LogP contribution in [0.25, 0.3) is 10.9 Å². The van der Waals surface area contributed by atoms with Gasteiger partial charge in [-0.2, -0.15) is 0 Å². The summed E-state index contributed by atoms with van der Waals surface area (Å²) in [5, 5.41) is 1.08. The molecule has 23 heavy (non-hydrogen) atoms. The summed E-state index contributed by atoms with van der Waals surface area (Å²) >= 11 is 7.94. The van der Waals surface area contributed by atoms with E-state index in [1.165, 1.54) is 0 Å². The molecule has 1 aliphatic rings. The molecule has 124 valence electrons. The predicted molar refractivity (Wildman–Crippen MR) is 91.0 cm³/mol. The summed E-state index contributed by atoms with van der Waals surface area (Å²) in [6.07, 6.45) is 0. The van der Waals surface area contributed by atoms with E-state index in [9.17, 15) is 9.59 Å². The Labute approximate surface area is 141 Å². The fourth-order valence-electron chi connectivity index (χ4n) is 2.71. The Morgan fingerprint density at radius 3 is 2.96 bits per heavy atom. The van der Waals surface area contributed by atoms with Gasteiger partial charge in [-0.3, -0.25) is 14.3 Å². The summed E-state index contributed by atoms with van der Waals surface area (Å²) in [7, 11) is 1.61. The van der Waals surface area contributed by atoms with Crippen molar-refractivity contribution >= 4 is 34.3 Å². The molecule has 0 spiro atoms. The van der Waals surface area contributed by atoms with Gasteiger partial charge in [-0.15, -0.1) is 11.8 Å². The molecule has 0 aliphatic carbocycles. The van der Waals surface area contributed by atoms with Crippen LogP contribution < -0.4 is 11.2 Å². The molecule has 1 N–H and O–H groups in total. The summed E-state index contributed by atoms with van der Waals surface area (Å²) in [4.78, 5) is 27.7. The summed E-state index contributed by atoms with van der Waals surface area (Å²) in [6, 6.07) is 1.57. The third-order valence-corrected chi connectivity index (χ3v) is 5.67. The third-order valence-electron chi connectivity index (χ3n) is 3.83. The number of aromatic amines is 1. The number of benzene rings is 1. The maximum Gasteiger partial charge on any atom is 0.329 e. The number of hydrogen-bond acceptors (Lipinski definition) is 5. The van der Waals surface area contributed by atoms with Crippen LogP contribution in [0, 0.1) is 6.92 Å². The van der Waals surface area contributed by atoms with Gasteiger partial charge in [0.1, 0.15) is 0 Å². The van der Waals surface area contributed by atoms with E-state index >= 15 is 0 Å². The van der Waals surface area contributed by atoms with Crippen molar-refractivity contribution in [3.8, 4) is 0 Å². The van der Waals surface area contributed by atoms with Crippen molar-refractivity contribution < 1.29 is 9.47 Å². The predicted octanol–water partition coefficient (Wildman–Crippen LogP) is 1.96. The topological polar surface area (TPSA) is 73.3 Å². The first-order valence-electron chi connectivity index (χ1n) is 7.21. The third kappa shape index (κ3) is 2.94. The van der Waals surface area contributed by atoms with E-state index in [-0.39, 0.29) is 11.6 Å². The molecule has 6 nitrogen and oxygen atoms in total. The minimum Gasteiger partial charge on any atom is -0.382 e. The Balaban J connectivity index is 2.12. The van der Waals surface area contributed by atoms with Crippen LogP contribution in [0.2, 0.25) is 5.02 Å². The van der Waals surface area contributed by atoms with Crippen LogP contribution in [-0.2, 0) is 9.47 Å². The molecule has 0 saturated carbocycles. The van der Waals surface area contributed by atoms with E-state index in [0.29, 0.717) is 41.5 Å². The van der Waals surface area contributed by atoms with Gasteiger partial charge in [-0.25, -0.2) is 4.79 Å². The van der Waals surface area contributed by atoms with Crippen LogP contribution in [0.1, 0.15) is 11.6 Å². The van der Waals surface area contributed by atoms with Crippen molar-refractivity contribution in [1.29, 1.82) is 0 Å². The standard InChI is InChI=1S/C15H17ClN2O4S/c1-8-5-10-12-13(11(8)16)23-7-9(6-22-4-3-21-2)18(12)15(20)17-14(10)19/h5,9H,3-4,6-7H2,1-2H3,(H,17,19,20)/t9-/m0/s1. The summed E-state index contributed by atoms with van der Waals surface area (Å²) in [6.45, 7) is 3.19. The molecule has 1 aromatic heterocycles. The van der Waals surface area contributed by atoms with Gasteiger partial charge in [0.2, 0.25) is 0 Å². The minimum absolute atomic E-state index is 0.157. The molecule has 2 heterocycles. The quantitative estimate of drug-likeness (QED) is 0.829. The van der Waals surface area contributed by atoms with Crippen molar-refractivity contribution in [1.82, 2.24) is 9.55 Å². The Hall–Kier alpha value is -1.28. The van der Waals surface area contributed by atoms with E-state index in [0.717, 1.165) is 10.5 Å². The molecular weight excluding hydrogens is 340 g/mol. The lowest BCUT2D eigenvalue weighted by molar-refractivity contribution is 0.0567. The summed E-state index contributed by atoms with van der Waals surface area (Å²) in [5.41, 5.74) is 0.617. The fourth-order valence-corrected chi connectivity index (χ4v) is 4.26. The number of aryl methyl sites for hydroxylation is 1. The Kier molecular flexibility index (Phi) is 4.82. The maximum absolute atomic E-state index is 12.3. The van der Waals surface area contributed by atoms with Crippen molar-refractivity contribution in [2.75, 3.05) is 32.7 Å². The van der Waals surface area contributed by atoms with Gasteiger partial charge in [0.15, 0.2) is 0 Å². The summed E-state index contributed by atoms with van der Waals surface area (Å²) in [5.74, 6) is 0.657. The molecule has 0 bridgehead atoms. The minimum atomic E-state index is -0.427. The van der Waals surface area contributed by atoms with Gasteiger partial charge in [-0.1, -0.05) is 11.6 Å². The molecule has 3 rings (SSSR count). The number of nitrogens with one attached hydrogen (secondary N) is 1. The molecule has 2 aromatic rings. The zero-order valence-corrected chi connectivity index (χ0v) is 14.4. The molecule has 1 aliphatic heterocycles. The van der Waals surface area contributed by atoms with Gasteiger partial charge in [-0.05, 0) is 18.6 Å². The number of H-pyrrole nitrogens is 1. The monoisotopic (exact) mass is 356 g/mol. The molecule has 1 atom stereocenters. The van der Waals surface area contributed by atoms with Gasteiger partial charge >= 0.3 is 5.69 Å². The smallest absolute Gasteiger partial charge is 0.329 e. The molecule has 1 aromatic carbocycles. The summed E-state index contributed by atoms with van der Waals surface area (Å²) < 4.78 is 12.1. The second-order valence-electron chi connectivity index (χ2n) is 5.39. The average Bonchev–Trinajstić information content (AvgIpc) is 2.53. The molecule has 0 amide bonds. The fraction of sp³-hybridized carbons (Fsp3) is 0.467. The Morgan fingerprint density at radius 1 is 1.43 bits per heavy atom. The van der Waals surface area contributed by atoms with E-state index in [1.54, 1.807) is 29.5 Å². The number of hydrogen-bond donors (Lipinski definition) is 1. The molecule has 8 heteroatoms. The van der Waals surface area contributed by atoms with Crippen molar-refractivity contribution in [2.24, 2.45) is 0 Å².